The van der Waals surface area contributed by atoms with Crippen molar-refractivity contribution in [2.45, 2.75) is 38.1 Å². The first-order chi connectivity index (χ1) is 18.0. The molecule has 0 radical (unpaired) electrons. The van der Waals surface area contributed by atoms with Crippen LogP contribution in [0.4, 0.5) is 23.1 Å². The third-order valence-corrected chi connectivity index (χ3v) is 8.42. The predicted octanol–water partition coefficient (Wildman–Crippen LogP) is 5.31. The summed E-state index contributed by atoms with van der Waals surface area (Å²) in [5, 5.41) is 9.13. The summed E-state index contributed by atoms with van der Waals surface area (Å²) < 4.78 is 6.80. The highest BCUT2D eigenvalue weighted by atomic mass is 32.1. The zero-order chi connectivity index (χ0) is 25.8. The van der Waals surface area contributed by atoms with Gasteiger partial charge in [0.2, 0.25) is 5.95 Å². The molecule has 0 bridgehead atoms. The number of rotatable bonds is 9. The summed E-state index contributed by atoms with van der Waals surface area (Å²) in [5.41, 5.74) is 2.93. The van der Waals surface area contributed by atoms with Gasteiger partial charge in [-0.3, -0.25) is 4.79 Å². The lowest BCUT2D eigenvalue weighted by atomic mass is 9.83. The molecule has 37 heavy (non-hydrogen) atoms. The molecule has 9 heteroatoms. The molecule has 0 amide bonds. The second kappa shape index (κ2) is 11.5. The standard InChI is InChI=1S/C28H36N6O2S/c1-4-22(35)17-19-5-7-20(8-6-19)29-27-26-24(11-16-37-26)31-28(32-27)30-23-10-9-21(18-25(23)36-3)34-14-12-33(2)13-15-34/h4,9-11,16,18-20H,1,5-8,12-15,17H2,2-3H3,(H2,29,30,31,32). The third-order valence-electron chi connectivity index (χ3n) is 7.51. The molecule has 5 rings (SSSR count). The van der Waals surface area contributed by atoms with Crippen LogP contribution in [0.5, 0.6) is 5.75 Å². The van der Waals surface area contributed by atoms with Crippen LogP contribution in [-0.2, 0) is 4.79 Å². The highest BCUT2D eigenvalue weighted by Gasteiger charge is 2.24. The van der Waals surface area contributed by atoms with Gasteiger partial charge in [-0.05, 0) is 68.3 Å². The van der Waals surface area contributed by atoms with Crippen molar-refractivity contribution in [3.05, 3.63) is 42.3 Å². The van der Waals surface area contributed by atoms with Gasteiger partial charge in [0.05, 0.1) is 23.0 Å². The molecule has 196 valence electrons. The first kappa shape index (κ1) is 25.5. The number of methoxy groups -OCH3 is 1. The number of likely N-dealkylation sites (N-methyl/N-ethyl adjacent to an activating group) is 1. The molecule has 2 aromatic heterocycles. The van der Waals surface area contributed by atoms with Gasteiger partial charge in [-0.25, -0.2) is 4.98 Å². The van der Waals surface area contributed by atoms with Crippen LogP contribution in [0.3, 0.4) is 0 Å². The van der Waals surface area contributed by atoms with Crippen LogP contribution in [0.1, 0.15) is 32.1 Å². The number of anilines is 4. The average Bonchev–Trinajstić information content (AvgIpc) is 3.39. The van der Waals surface area contributed by atoms with Gasteiger partial charge in [0.1, 0.15) is 11.6 Å². The van der Waals surface area contributed by atoms with Crippen molar-refractivity contribution in [2.75, 3.05) is 55.9 Å². The van der Waals surface area contributed by atoms with Gasteiger partial charge >= 0.3 is 0 Å². The van der Waals surface area contributed by atoms with Gasteiger partial charge in [0.15, 0.2) is 5.78 Å². The molecule has 1 saturated heterocycles. The molecule has 8 nitrogen and oxygen atoms in total. The van der Waals surface area contributed by atoms with E-state index in [2.05, 4.69) is 51.6 Å². The lowest BCUT2D eigenvalue weighted by molar-refractivity contribution is -0.115. The van der Waals surface area contributed by atoms with E-state index in [4.69, 9.17) is 14.7 Å². The third kappa shape index (κ3) is 6.05. The number of allylic oxidation sites excluding steroid dienone is 1. The van der Waals surface area contributed by atoms with E-state index in [0.29, 0.717) is 24.3 Å². The van der Waals surface area contributed by atoms with Crippen molar-refractivity contribution in [1.29, 1.82) is 0 Å². The largest absolute Gasteiger partial charge is 0.494 e. The molecule has 3 aromatic rings. The fourth-order valence-corrected chi connectivity index (χ4v) is 6.04. The maximum atomic E-state index is 11.7. The molecule has 1 saturated carbocycles. The van der Waals surface area contributed by atoms with E-state index in [0.717, 1.165) is 85.0 Å². The number of hydrogen-bond donors (Lipinski definition) is 2. The fraction of sp³-hybridized carbons (Fsp3) is 0.464. The fourth-order valence-electron chi connectivity index (χ4n) is 5.25. The van der Waals surface area contributed by atoms with E-state index in [1.807, 2.05) is 12.1 Å². The summed E-state index contributed by atoms with van der Waals surface area (Å²) >= 11 is 1.65. The predicted molar refractivity (Wildman–Crippen MR) is 153 cm³/mol. The first-order valence-electron chi connectivity index (χ1n) is 13.1. The summed E-state index contributed by atoms with van der Waals surface area (Å²) in [5.74, 6) is 2.78. The number of benzene rings is 1. The van der Waals surface area contributed by atoms with Crippen molar-refractivity contribution in [3.63, 3.8) is 0 Å². The molecule has 0 atom stereocenters. The Labute approximate surface area is 222 Å². The van der Waals surface area contributed by atoms with Gasteiger partial charge in [-0.1, -0.05) is 6.58 Å². The van der Waals surface area contributed by atoms with E-state index >= 15 is 0 Å². The minimum absolute atomic E-state index is 0.148. The molecule has 2 N–H and O–H groups in total. The first-order valence-corrected chi connectivity index (χ1v) is 14.0. The minimum atomic E-state index is 0.148. The van der Waals surface area contributed by atoms with Gasteiger partial charge in [0.25, 0.3) is 0 Å². The normalized spacial score (nSPS) is 20.5. The highest BCUT2D eigenvalue weighted by molar-refractivity contribution is 7.17. The number of hydrogen-bond acceptors (Lipinski definition) is 9. The Kier molecular flexibility index (Phi) is 7.90. The van der Waals surface area contributed by atoms with Crippen molar-refractivity contribution >= 4 is 50.5 Å². The lowest BCUT2D eigenvalue weighted by Crippen LogP contribution is -2.44. The number of nitrogens with zero attached hydrogens (tertiary/aromatic N) is 4. The molecule has 3 heterocycles. The molecule has 0 unspecified atom stereocenters. The maximum Gasteiger partial charge on any atom is 0.229 e. The molecule has 2 aliphatic rings. The van der Waals surface area contributed by atoms with Gasteiger partial charge in [-0.2, -0.15) is 4.98 Å². The van der Waals surface area contributed by atoms with Crippen LogP contribution in [0, 0.1) is 5.92 Å². The maximum absolute atomic E-state index is 11.7. The number of fused-ring (bicyclic) bond motifs is 1. The SMILES string of the molecule is C=CC(=O)CC1CCC(Nc2nc(Nc3ccc(N4CCN(C)CC4)cc3OC)nc3ccsc23)CC1. The van der Waals surface area contributed by atoms with E-state index in [-0.39, 0.29) is 5.78 Å². The summed E-state index contributed by atoms with van der Waals surface area (Å²) in [6.07, 6.45) is 6.19. The number of nitrogens with one attached hydrogen (secondary N) is 2. The second-order valence-corrected chi connectivity index (χ2v) is 11.0. The molecular formula is C28H36N6O2S. The van der Waals surface area contributed by atoms with Gasteiger partial charge < -0.3 is 25.2 Å². The number of ether oxygens (including phenoxy) is 1. The van der Waals surface area contributed by atoms with Crippen LogP contribution in [0.25, 0.3) is 10.2 Å². The summed E-state index contributed by atoms with van der Waals surface area (Å²) in [6.45, 7) is 7.73. The number of ketones is 1. The molecule has 2 fully saturated rings. The average molecular weight is 521 g/mol. The Balaban J connectivity index is 1.30. The number of piperazine rings is 1. The van der Waals surface area contributed by atoms with E-state index in [1.54, 1.807) is 18.4 Å². The van der Waals surface area contributed by atoms with Crippen LogP contribution in [-0.4, -0.2) is 67.0 Å². The van der Waals surface area contributed by atoms with Gasteiger partial charge in [0, 0.05) is 50.4 Å². The van der Waals surface area contributed by atoms with E-state index in [9.17, 15) is 4.79 Å². The van der Waals surface area contributed by atoms with Crippen molar-refractivity contribution in [2.24, 2.45) is 5.92 Å². The van der Waals surface area contributed by atoms with E-state index in [1.165, 1.54) is 6.08 Å². The summed E-state index contributed by atoms with van der Waals surface area (Å²) in [6, 6.07) is 8.64. The van der Waals surface area contributed by atoms with E-state index < -0.39 is 0 Å². The topological polar surface area (TPSA) is 82.6 Å². The Hall–Kier alpha value is -3.17. The van der Waals surface area contributed by atoms with Crippen LogP contribution in [0.15, 0.2) is 42.3 Å². The Morgan fingerprint density at radius 2 is 1.95 bits per heavy atom. The molecule has 1 aromatic carbocycles. The zero-order valence-corrected chi connectivity index (χ0v) is 22.5. The van der Waals surface area contributed by atoms with Crippen LogP contribution >= 0.6 is 11.3 Å². The molecule has 1 aliphatic heterocycles. The Morgan fingerprint density at radius 3 is 2.68 bits per heavy atom. The quantitative estimate of drug-likeness (QED) is 0.367. The van der Waals surface area contributed by atoms with Crippen molar-refractivity contribution < 1.29 is 9.53 Å². The molecule has 0 spiro atoms. The van der Waals surface area contributed by atoms with Crippen LogP contribution in [0.2, 0.25) is 0 Å². The highest BCUT2D eigenvalue weighted by Crippen LogP contribution is 2.35. The zero-order valence-electron chi connectivity index (χ0n) is 21.7. The Bertz CT molecular complexity index is 1240. The van der Waals surface area contributed by atoms with Gasteiger partial charge in [-0.15, -0.1) is 11.3 Å². The Morgan fingerprint density at radius 1 is 1.16 bits per heavy atom. The smallest absolute Gasteiger partial charge is 0.229 e. The van der Waals surface area contributed by atoms with Crippen molar-refractivity contribution in [1.82, 2.24) is 14.9 Å². The van der Waals surface area contributed by atoms with Crippen molar-refractivity contribution in [3.8, 4) is 5.75 Å². The lowest BCUT2D eigenvalue weighted by Gasteiger charge is -2.34. The molecule has 1 aliphatic carbocycles. The number of aromatic nitrogens is 2. The monoisotopic (exact) mass is 520 g/mol. The summed E-state index contributed by atoms with van der Waals surface area (Å²) in [4.78, 5) is 26.1. The number of carbonyl (C=O) groups is 1. The molecular weight excluding hydrogens is 484 g/mol. The number of thiophene rings is 1. The van der Waals surface area contributed by atoms with Crippen LogP contribution < -0.4 is 20.3 Å². The summed E-state index contributed by atoms with van der Waals surface area (Å²) in [7, 11) is 3.86. The minimum Gasteiger partial charge on any atom is -0.494 e. The number of carbonyl (C=O) groups excluding carboxylic acids is 1. The second-order valence-electron chi connectivity index (χ2n) is 10.1.